The number of nitrogens with two attached hydrogens (primary N) is 1. The Kier molecular flexibility index (Phi) is 2.95. The minimum atomic E-state index is 0.763. The average Bonchev–Trinajstić information content (AvgIpc) is 3.12. The van der Waals surface area contributed by atoms with Gasteiger partial charge in [0.05, 0.1) is 11.5 Å². The summed E-state index contributed by atoms with van der Waals surface area (Å²) in [7, 11) is 0. The minimum absolute atomic E-state index is 0.763. The number of benzene rings is 2. The van der Waals surface area contributed by atoms with Gasteiger partial charge in [-0.3, -0.25) is 5.14 Å². The van der Waals surface area contributed by atoms with Gasteiger partial charge in [-0.1, -0.05) is 18.2 Å². The van der Waals surface area contributed by atoms with E-state index in [4.69, 9.17) is 9.88 Å². The number of hydrogen-bond acceptors (Lipinski definition) is 4. The molecule has 0 saturated carbocycles. The Labute approximate surface area is 125 Å². The van der Waals surface area contributed by atoms with Crippen molar-refractivity contribution >= 4 is 33.4 Å². The fourth-order valence-electron chi connectivity index (χ4n) is 2.63. The van der Waals surface area contributed by atoms with Crippen molar-refractivity contribution in [1.29, 1.82) is 0 Å². The summed E-state index contributed by atoms with van der Waals surface area (Å²) in [4.78, 5) is 2.32. The van der Waals surface area contributed by atoms with Gasteiger partial charge in [-0.05, 0) is 52.7 Å². The molecule has 100 valence electrons. The highest BCUT2D eigenvalue weighted by Gasteiger charge is 2.18. The van der Waals surface area contributed by atoms with Crippen LogP contribution in [0.4, 0.5) is 0 Å². The Morgan fingerprint density at radius 2 is 2.05 bits per heavy atom. The molecule has 0 radical (unpaired) electrons. The summed E-state index contributed by atoms with van der Waals surface area (Å²) in [5.41, 5.74) is 2.51. The van der Waals surface area contributed by atoms with Gasteiger partial charge in [0.25, 0.3) is 0 Å². The Bertz CT molecular complexity index is 761. The molecule has 2 heterocycles. The van der Waals surface area contributed by atoms with Crippen LogP contribution in [0.15, 0.2) is 47.4 Å². The average molecular weight is 299 g/mol. The normalized spacial score (nSPS) is 13.4. The zero-order valence-electron chi connectivity index (χ0n) is 10.8. The molecule has 0 saturated heterocycles. The summed E-state index contributed by atoms with van der Waals surface area (Å²) in [6.45, 7) is 0.763. The maximum absolute atomic E-state index is 5.79. The molecule has 3 aromatic rings. The second kappa shape index (κ2) is 4.81. The summed E-state index contributed by atoms with van der Waals surface area (Å²) < 4.78 is 6.99. The maximum atomic E-state index is 5.79. The molecule has 1 aromatic heterocycles. The Morgan fingerprint density at radius 1 is 1.15 bits per heavy atom. The SMILES string of the molecule is NSc1cc(-c2cc3ccccc3s2)cc2c1OCC2. The molecule has 2 aromatic carbocycles. The predicted octanol–water partition coefficient (Wildman–Crippen LogP) is 4.47. The van der Waals surface area contributed by atoms with E-state index >= 15 is 0 Å². The Balaban J connectivity index is 1.89. The zero-order chi connectivity index (χ0) is 13.5. The van der Waals surface area contributed by atoms with Crippen molar-refractivity contribution in [3.05, 3.63) is 48.0 Å². The molecule has 0 aliphatic carbocycles. The topological polar surface area (TPSA) is 35.2 Å². The third-order valence-electron chi connectivity index (χ3n) is 3.59. The van der Waals surface area contributed by atoms with Gasteiger partial charge in [-0.15, -0.1) is 11.3 Å². The highest BCUT2D eigenvalue weighted by molar-refractivity contribution is 7.97. The van der Waals surface area contributed by atoms with Crippen molar-refractivity contribution in [2.24, 2.45) is 5.14 Å². The van der Waals surface area contributed by atoms with Crippen LogP contribution in [0.25, 0.3) is 20.5 Å². The molecule has 4 rings (SSSR count). The number of thiophene rings is 1. The van der Waals surface area contributed by atoms with Crippen molar-refractivity contribution in [1.82, 2.24) is 0 Å². The summed E-state index contributed by atoms with van der Waals surface area (Å²) >= 11 is 3.09. The Morgan fingerprint density at radius 3 is 2.90 bits per heavy atom. The lowest BCUT2D eigenvalue weighted by Gasteiger charge is -2.07. The predicted molar refractivity (Wildman–Crippen MR) is 86.5 cm³/mol. The second-order valence-corrected chi connectivity index (χ2v) is 6.59. The first-order valence-corrected chi connectivity index (χ1v) is 8.20. The molecule has 0 unspecified atom stereocenters. The maximum Gasteiger partial charge on any atom is 0.137 e. The van der Waals surface area contributed by atoms with E-state index in [0.29, 0.717) is 0 Å². The van der Waals surface area contributed by atoms with Crippen molar-refractivity contribution in [2.45, 2.75) is 11.3 Å². The van der Waals surface area contributed by atoms with Crippen LogP contribution < -0.4 is 9.88 Å². The van der Waals surface area contributed by atoms with Gasteiger partial charge in [0.2, 0.25) is 0 Å². The number of ether oxygens (including phenoxy) is 1. The monoisotopic (exact) mass is 299 g/mol. The van der Waals surface area contributed by atoms with E-state index in [1.807, 2.05) is 11.3 Å². The molecule has 0 bridgehead atoms. The molecular formula is C16H13NOS2. The molecule has 1 aliphatic heterocycles. The van der Waals surface area contributed by atoms with Gasteiger partial charge in [0, 0.05) is 16.0 Å². The van der Waals surface area contributed by atoms with E-state index in [1.54, 1.807) is 0 Å². The van der Waals surface area contributed by atoms with E-state index in [-0.39, 0.29) is 0 Å². The van der Waals surface area contributed by atoms with Crippen LogP contribution in [-0.2, 0) is 6.42 Å². The van der Waals surface area contributed by atoms with Gasteiger partial charge in [0.1, 0.15) is 5.75 Å². The molecule has 0 fully saturated rings. The number of rotatable bonds is 2. The largest absolute Gasteiger partial charge is 0.492 e. The van der Waals surface area contributed by atoms with E-state index in [1.165, 1.54) is 38.0 Å². The van der Waals surface area contributed by atoms with Crippen LogP contribution in [0, 0.1) is 0 Å². The van der Waals surface area contributed by atoms with Crippen LogP contribution in [-0.4, -0.2) is 6.61 Å². The summed E-state index contributed by atoms with van der Waals surface area (Å²) in [5.74, 6) is 0.974. The molecule has 1 aliphatic rings. The van der Waals surface area contributed by atoms with Gasteiger partial charge in [0.15, 0.2) is 0 Å². The van der Waals surface area contributed by atoms with E-state index in [9.17, 15) is 0 Å². The lowest BCUT2D eigenvalue weighted by atomic mass is 10.1. The van der Waals surface area contributed by atoms with Gasteiger partial charge >= 0.3 is 0 Å². The molecule has 2 N–H and O–H groups in total. The zero-order valence-corrected chi connectivity index (χ0v) is 12.4. The van der Waals surface area contributed by atoms with Crippen molar-refractivity contribution in [3.63, 3.8) is 0 Å². The third kappa shape index (κ3) is 1.92. The third-order valence-corrected chi connectivity index (χ3v) is 5.31. The molecule has 0 spiro atoms. The summed E-state index contributed by atoms with van der Waals surface area (Å²) in [5, 5.41) is 7.08. The first kappa shape index (κ1) is 12.3. The standard InChI is InChI=1S/C16H13NOS2/c17-20-15-9-12(7-11-5-6-18-16(11)15)14-8-10-3-1-2-4-13(10)19-14/h1-4,7-9H,5-6,17H2. The number of fused-ring (bicyclic) bond motifs is 2. The summed E-state index contributed by atoms with van der Waals surface area (Å²) in [6.07, 6.45) is 0.974. The van der Waals surface area contributed by atoms with E-state index in [2.05, 4.69) is 42.5 Å². The van der Waals surface area contributed by atoms with Crippen LogP contribution in [0.2, 0.25) is 0 Å². The van der Waals surface area contributed by atoms with Crippen molar-refractivity contribution < 1.29 is 4.74 Å². The highest BCUT2D eigenvalue weighted by Crippen LogP contribution is 2.41. The van der Waals surface area contributed by atoms with Crippen LogP contribution in [0.3, 0.4) is 0 Å². The van der Waals surface area contributed by atoms with Crippen LogP contribution in [0.1, 0.15) is 5.56 Å². The fourth-order valence-corrected chi connectivity index (χ4v) is 4.17. The first-order valence-electron chi connectivity index (χ1n) is 6.50. The fraction of sp³-hybridized carbons (Fsp3) is 0.125. The highest BCUT2D eigenvalue weighted by atomic mass is 32.2. The van der Waals surface area contributed by atoms with Crippen molar-refractivity contribution in [2.75, 3.05) is 6.61 Å². The molecule has 0 amide bonds. The lowest BCUT2D eigenvalue weighted by molar-refractivity contribution is 0.350. The molecule has 2 nitrogen and oxygen atoms in total. The van der Waals surface area contributed by atoms with Gasteiger partial charge < -0.3 is 4.74 Å². The quantitative estimate of drug-likeness (QED) is 0.709. The molecule has 20 heavy (non-hydrogen) atoms. The van der Waals surface area contributed by atoms with Gasteiger partial charge in [-0.2, -0.15) is 0 Å². The van der Waals surface area contributed by atoms with E-state index < -0.39 is 0 Å². The van der Waals surface area contributed by atoms with Crippen molar-refractivity contribution in [3.8, 4) is 16.2 Å². The molecule has 4 heteroatoms. The van der Waals surface area contributed by atoms with Crippen LogP contribution >= 0.6 is 23.3 Å². The van der Waals surface area contributed by atoms with Crippen LogP contribution in [0.5, 0.6) is 5.75 Å². The van der Waals surface area contributed by atoms with Gasteiger partial charge in [-0.25, -0.2) is 0 Å². The minimum Gasteiger partial charge on any atom is -0.492 e. The van der Waals surface area contributed by atoms with E-state index in [0.717, 1.165) is 23.7 Å². The Hall–Kier alpha value is -1.49. The second-order valence-electron chi connectivity index (χ2n) is 4.83. The first-order chi connectivity index (χ1) is 9.85. The molecular weight excluding hydrogens is 286 g/mol. The number of hydrogen-bond donors (Lipinski definition) is 1. The summed E-state index contributed by atoms with van der Waals surface area (Å²) in [6, 6.07) is 15.1. The smallest absolute Gasteiger partial charge is 0.137 e. The molecule has 0 atom stereocenters. The lowest BCUT2D eigenvalue weighted by Crippen LogP contribution is -1.89.